The van der Waals surface area contributed by atoms with E-state index in [1.54, 1.807) is 0 Å². The smallest absolute Gasteiger partial charge is 0.444 e. The maximum Gasteiger partial charge on any atom is 1.00 e. The van der Waals surface area contributed by atoms with Crippen molar-refractivity contribution in [1.82, 2.24) is 15.0 Å². The van der Waals surface area contributed by atoms with Crippen molar-refractivity contribution in [3.8, 4) is 0 Å². The topological polar surface area (TPSA) is 30.7 Å². The molecule has 0 spiro atoms. The molecule has 0 saturated heterocycles. The molecule has 0 saturated carbocycles. The zero-order valence-electron chi connectivity index (χ0n) is 6.13. The van der Waals surface area contributed by atoms with Crippen LogP contribution in [0.4, 0.5) is 12.9 Å². The average Bonchev–Trinajstić information content (AvgIpc) is 2.11. The fraction of sp³-hybridized carbons (Fsp3) is 0.333. The maximum absolute atomic E-state index is 11.7. The average molecular weight is 189 g/mol. The number of rotatable bonds is 1. The Hall–Kier alpha value is 0.631. The second-order valence-electron chi connectivity index (χ2n) is 1.83. The van der Waals surface area contributed by atoms with Crippen LogP contribution in [0, 0.1) is 0 Å². The van der Waals surface area contributed by atoms with Crippen LogP contribution in [0.2, 0.25) is 0 Å². The van der Waals surface area contributed by atoms with Gasteiger partial charge in [-0.25, -0.2) is 0 Å². The van der Waals surface area contributed by atoms with Crippen molar-refractivity contribution in [2.75, 3.05) is 0 Å². The molecule has 0 N–H and O–H groups in total. The minimum absolute atomic E-state index is 0. The van der Waals surface area contributed by atoms with Gasteiger partial charge in [-0.1, -0.05) is 0 Å². The summed E-state index contributed by atoms with van der Waals surface area (Å²) in [6, 6.07) is 0. The summed E-state index contributed by atoms with van der Waals surface area (Å²) < 4.78 is 35.2. The summed E-state index contributed by atoms with van der Waals surface area (Å²) in [4.78, 5) is 0.880. The van der Waals surface area contributed by atoms with E-state index in [0.29, 0.717) is 6.20 Å². The van der Waals surface area contributed by atoms with Crippen molar-refractivity contribution in [1.29, 1.82) is 0 Å². The molecule has 1 heterocycles. The fourth-order valence-electron chi connectivity index (χ4n) is 0.511. The molecule has 1 aromatic rings. The van der Waals surface area contributed by atoms with Gasteiger partial charge in [-0.3, -0.25) is 0 Å². The third-order valence-corrected chi connectivity index (χ3v) is 0.953. The molecule has 0 aliphatic rings. The zero-order chi connectivity index (χ0) is 7.78. The molecule has 3 nitrogen and oxygen atoms in total. The largest absolute Gasteiger partial charge is 1.00 e. The van der Waals surface area contributed by atoms with Crippen LogP contribution >= 0.6 is 0 Å². The first-order chi connectivity index (χ1) is 4.50. The number of hydrogen-bond acceptors (Lipinski definition) is 2. The summed E-state index contributed by atoms with van der Waals surface area (Å²) in [7, 11) is 1.34. The van der Waals surface area contributed by atoms with Gasteiger partial charge in [0.1, 0.15) is 0 Å². The van der Waals surface area contributed by atoms with Crippen LogP contribution < -0.4 is 57.0 Å². The maximum atomic E-state index is 11.7. The molecule has 0 aliphatic carbocycles. The monoisotopic (exact) mass is 189 g/mol. The molecule has 11 heavy (non-hydrogen) atoms. The summed E-state index contributed by atoms with van der Waals surface area (Å²) in [6.45, 7) is -4.98. The summed E-state index contributed by atoms with van der Waals surface area (Å²) in [5.41, 5.74) is -0.900. The van der Waals surface area contributed by atoms with Crippen molar-refractivity contribution in [2.45, 2.75) is 0 Å². The Labute approximate surface area is 104 Å². The molecule has 0 bridgehead atoms. The number of nitrogens with zero attached hydrogens (tertiary/aromatic N) is 3. The minimum Gasteiger partial charge on any atom is -0.444 e. The van der Waals surface area contributed by atoms with Crippen molar-refractivity contribution in [3.05, 3.63) is 6.20 Å². The van der Waals surface area contributed by atoms with Gasteiger partial charge in [-0.2, -0.15) is 15.0 Å². The van der Waals surface area contributed by atoms with Crippen molar-refractivity contribution in [2.24, 2.45) is 7.05 Å². The molecule has 0 fully saturated rings. The first-order valence-electron chi connectivity index (χ1n) is 2.56. The number of halogens is 3. The van der Waals surface area contributed by atoms with E-state index in [-0.39, 0.29) is 51.4 Å². The summed E-state index contributed by atoms with van der Waals surface area (Å²) >= 11 is 0. The van der Waals surface area contributed by atoms with Gasteiger partial charge in [-0.05, 0) is 0 Å². The van der Waals surface area contributed by atoms with E-state index in [9.17, 15) is 12.9 Å². The van der Waals surface area contributed by atoms with Crippen LogP contribution in [0.5, 0.6) is 0 Å². The standard InChI is InChI=1S/C3H4BF3N3.K/c1-10-8-2-3(9-10)4(5,6)7;/h2H,1H3;/q-1;+1. The van der Waals surface area contributed by atoms with Crippen LogP contribution in [-0.2, 0) is 7.05 Å². The fourth-order valence-corrected chi connectivity index (χ4v) is 0.511. The zero-order valence-corrected chi connectivity index (χ0v) is 9.25. The van der Waals surface area contributed by atoms with E-state index in [1.807, 2.05) is 0 Å². The summed E-state index contributed by atoms with van der Waals surface area (Å²) in [6.07, 6.45) is 0.708. The summed E-state index contributed by atoms with van der Waals surface area (Å²) in [5.74, 6) is 0. The van der Waals surface area contributed by atoms with Gasteiger partial charge >= 0.3 is 58.4 Å². The van der Waals surface area contributed by atoms with E-state index in [2.05, 4.69) is 10.2 Å². The Morgan fingerprint density at radius 1 is 1.45 bits per heavy atom. The van der Waals surface area contributed by atoms with Gasteiger partial charge in [0.2, 0.25) is 0 Å². The normalized spacial score (nSPS) is 10.9. The third kappa shape index (κ3) is 3.24. The number of aryl methyl sites for hydroxylation is 1. The van der Waals surface area contributed by atoms with Gasteiger partial charge < -0.3 is 12.9 Å². The van der Waals surface area contributed by atoms with Gasteiger partial charge in [-0.15, -0.1) is 0 Å². The molecular formula is C3H4BF3KN3. The molecular weight excluding hydrogens is 185 g/mol. The molecule has 8 heteroatoms. The second-order valence-corrected chi connectivity index (χ2v) is 1.83. The predicted octanol–water partition coefficient (Wildman–Crippen LogP) is -3.13. The molecule has 0 radical (unpaired) electrons. The van der Waals surface area contributed by atoms with Crippen LogP contribution in [0.15, 0.2) is 6.20 Å². The Morgan fingerprint density at radius 2 is 2.00 bits per heavy atom. The molecule has 1 rings (SSSR count). The van der Waals surface area contributed by atoms with E-state index in [0.717, 1.165) is 4.80 Å². The van der Waals surface area contributed by atoms with E-state index in [1.165, 1.54) is 7.05 Å². The van der Waals surface area contributed by atoms with Gasteiger partial charge in [0.15, 0.2) is 0 Å². The van der Waals surface area contributed by atoms with E-state index >= 15 is 0 Å². The predicted molar refractivity (Wildman–Crippen MR) is 29.7 cm³/mol. The van der Waals surface area contributed by atoms with Crippen molar-refractivity contribution in [3.63, 3.8) is 0 Å². The number of hydrogen-bond donors (Lipinski definition) is 0. The molecule has 0 aromatic carbocycles. The van der Waals surface area contributed by atoms with Crippen LogP contribution in [0.25, 0.3) is 0 Å². The Kier molecular flexibility index (Phi) is 4.27. The van der Waals surface area contributed by atoms with Gasteiger partial charge in [0.05, 0.1) is 0 Å². The Bertz CT molecular complexity index is 234. The molecule has 1 aromatic heterocycles. The first kappa shape index (κ1) is 11.6. The van der Waals surface area contributed by atoms with Crippen LogP contribution in [-0.4, -0.2) is 22.0 Å². The molecule has 56 valence electrons. The minimum atomic E-state index is -4.98. The Balaban J connectivity index is 0.000001000. The Morgan fingerprint density at radius 3 is 2.18 bits per heavy atom. The SMILES string of the molecule is Cn1ncc([B-](F)(F)F)n1.[K+]. The molecule has 0 unspecified atom stereocenters. The van der Waals surface area contributed by atoms with Crippen molar-refractivity contribution < 1.29 is 64.3 Å². The quantitative estimate of drug-likeness (QED) is 0.437. The van der Waals surface area contributed by atoms with E-state index < -0.39 is 12.6 Å². The van der Waals surface area contributed by atoms with Crippen LogP contribution in [0.1, 0.15) is 0 Å². The van der Waals surface area contributed by atoms with Gasteiger partial charge in [0, 0.05) is 18.8 Å². The summed E-state index contributed by atoms with van der Waals surface area (Å²) in [5, 5.41) is 6.37. The first-order valence-corrected chi connectivity index (χ1v) is 2.56. The van der Waals surface area contributed by atoms with E-state index in [4.69, 9.17) is 0 Å². The molecule has 0 aliphatic heterocycles. The van der Waals surface area contributed by atoms with Crippen LogP contribution in [0.3, 0.4) is 0 Å². The molecule has 0 atom stereocenters. The molecule has 0 amide bonds. The third-order valence-electron chi connectivity index (χ3n) is 0.953. The number of aromatic nitrogens is 3. The van der Waals surface area contributed by atoms with Gasteiger partial charge in [0.25, 0.3) is 0 Å². The van der Waals surface area contributed by atoms with Crippen molar-refractivity contribution >= 4 is 12.6 Å². The second kappa shape index (κ2) is 4.04.